The van der Waals surface area contributed by atoms with E-state index in [4.69, 9.17) is 4.74 Å². The van der Waals surface area contributed by atoms with Crippen molar-refractivity contribution < 1.29 is 22.7 Å². The summed E-state index contributed by atoms with van der Waals surface area (Å²) < 4.78 is 47.4. The molecule has 8 heteroatoms. The first-order chi connectivity index (χ1) is 16.9. The second kappa shape index (κ2) is 9.77. The molecule has 1 saturated heterocycles. The van der Waals surface area contributed by atoms with Crippen molar-refractivity contribution in [2.75, 3.05) is 32.8 Å². The number of halogens is 3. The molecule has 5 nitrogen and oxygen atoms in total. The second-order valence-electron chi connectivity index (χ2n) is 9.41. The summed E-state index contributed by atoms with van der Waals surface area (Å²) in [6.07, 6.45) is 1.82. The average molecular weight is 484 g/mol. The van der Waals surface area contributed by atoms with Crippen molar-refractivity contribution in [2.24, 2.45) is 5.92 Å². The number of benzene rings is 2. The van der Waals surface area contributed by atoms with Crippen LogP contribution in [0.3, 0.4) is 0 Å². The zero-order valence-electron chi connectivity index (χ0n) is 19.4. The molecule has 0 atom stereocenters. The Labute approximate surface area is 202 Å². The first kappa shape index (κ1) is 23.5. The lowest BCUT2D eigenvalue weighted by Crippen LogP contribution is -2.39. The Kier molecular flexibility index (Phi) is 6.56. The van der Waals surface area contributed by atoms with E-state index in [9.17, 15) is 18.0 Å². The summed E-state index contributed by atoms with van der Waals surface area (Å²) in [5, 5.41) is 3.51. The molecule has 2 aliphatic rings. The molecule has 0 bridgehead atoms. The molecule has 1 amide bonds. The van der Waals surface area contributed by atoms with Crippen LogP contribution in [-0.4, -0.2) is 48.6 Å². The number of aromatic nitrogens is 1. The van der Waals surface area contributed by atoms with Gasteiger partial charge in [0.1, 0.15) is 17.5 Å². The van der Waals surface area contributed by atoms with E-state index in [-0.39, 0.29) is 35.5 Å². The van der Waals surface area contributed by atoms with Crippen molar-refractivity contribution in [3.05, 3.63) is 71.7 Å². The smallest absolute Gasteiger partial charge is 0.225 e. The monoisotopic (exact) mass is 483 g/mol. The molecule has 0 spiro atoms. The van der Waals surface area contributed by atoms with Gasteiger partial charge in [0.2, 0.25) is 5.91 Å². The summed E-state index contributed by atoms with van der Waals surface area (Å²) in [5.74, 6) is -1.37. The lowest BCUT2D eigenvalue weighted by Gasteiger charge is -2.36. The zero-order valence-corrected chi connectivity index (χ0v) is 19.4. The molecule has 184 valence electrons. The van der Waals surface area contributed by atoms with Crippen LogP contribution < -0.4 is 5.32 Å². The van der Waals surface area contributed by atoms with Gasteiger partial charge in [0.15, 0.2) is 0 Å². The van der Waals surface area contributed by atoms with E-state index in [1.165, 1.54) is 18.2 Å². The molecule has 2 aromatic carbocycles. The Bertz CT molecular complexity index is 1240. The van der Waals surface area contributed by atoms with E-state index in [2.05, 4.69) is 21.8 Å². The van der Waals surface area contributed by atoms with Crippen molar-refractivity contribution in [2.45, 2.75) is 25.2 Å². The Morgan fingerprint density at radius 1 is 1.09 bits per heavy atom. The number of rotatable bonds is 7. The summed E-state index contributed by atoms with van der Waals surface area (Å²) >= 11 is 0. The molecule has 1 aliphatic heterocycles. The van der Waals surface area contributed by atoms with Crippen LogP contribution in [0.15, 0.2) is 48.7 Å². The van der Waals surface area contributed by atoms with Gasteiger partial charge in [0.25, 0.3) is 0 Å². The van der Waals surface area contributed by atoms with Gasteiger partial charge in [-0.25, -0.2) is 13.2 Å². The van der Waals surface area contributed by atoms with Crippen LogP contribution in [0.4, 0.5) is 13.2 Å². The van der Waals surface area contributed by atoms with Crippen molar-refractivity contribution in [1.82, 2.24) is 15.2 Å². The van der Waals surface area contributed by atoms with Crippen molar-refractivity contribution >= 4 is 16.8 Å². The number of morpholine rings is 1. The molecule has 2 heterocycles. The molecule has 2 N–H and O–H groups in total. The van der Waals surface area contributed by atoms with Crippen molar-refractivity contribution in [3.8, 4) is 11.3 Å². The molecule has 35 heavy (non-hydrogen) atoms. The number of carbonyl (C=O) groups is 1. The predicted octanol–water partition coefficient (Wildman–Crippen LogP) is 5.10. The maximum atomic E-state index is 14.5. The summed E-state index contributed by atoms with van der Waals surface area (Å²) in [4.78, 5) is 17.6. The number of nitrogens with zero attached hydrogens (tertiary/aromatic N) is 1. The van der Waals surface area contributed by atoms with Gasteiger partial charge in [-0.3, -0.25) is 4.79 Å². The van der Waals surface area contributed by atoms with Crippen LogP contribution in [-0.2, 0) is 9.53 Å². The highest BCUT2D eigenvalue weighted by molar-refractivity contribution is 5.92. The average Bonchev–Trinajstić information content (AvgIpc) is 3.18. The van der Waals surface area contributed by atoms with Crippen LogP contribution in [0.2, 0.25) is 0 Å². The van der Waals surface area contributed by atoms with E-state index in [1.807, 2.05) is 0 Å². The maximum absolute atomic E-state index is 14.5. The zero-order chi connectivity index (χ0) is 24.5. The summed E-state index contributed by atoms with van der Waals surface area (Å²) in [5.41, 5.74) is 3.28. The van der Waals surface area contributed by atoms with Gasteiger partial charge in [-0.1, -0.05) is 6.58 Å². The standard InChI is InChI=1S/C27H28F3N3O2/c1-16(33-6-8-35-9-7-33)10-24(34)31-15-17-11-19(12-17)25-22-13-21(29)14-23(30)27(22)32-26(25)18-2-4-20(28)5-3-18/h2-5,13-14,17,19,32H,1,6-12,15H2,(H,31,34)/t17-,19+. The van der Waals surface area contributed by atoms with Gasteiger partial charge in [0, 0.05) is 36.8 Å². The Hall–Kier alpha value is -3.26. The first-order valence-electron chi connectivity index (χ1n) is 11.9. The minimum Gasteiger partial charge on any atom is -0.378 e. The fraction of sp³-hybridized carbons (Fsp3) is 0.370. The third kappa shape index (κ3) is 4.93. The van der Waals surface area contributed by atoms with Crippen LogP contribution in [0, 0.1) is 23.4 Å². The molecule has 0 radical (unpaired) electrons. The number of carbonyl (C=O) groups excluding carboxylic acids is 1. The highest BCUT2D eigenvalue weighted by Gasteiger charge is 2.35. The minimum atomic E-state index is -0.654. The number of fused-ring (bicyclic) bond motifs is 1. The van der Waals surface area contributed by atoms with E-state index in [0.717, 1.165) is 48.8 Å². The Morgan fingerprint density at radius 2 is 1.80 bits per heavy atom. The highest BCUT2D eigenvalue weighted by Crippen LogP contribution is 2.48. The summed E-state index contributed by atoms with van der Waals surface area (Å²) in [7, 11) is 0. The maximum Gasteiger partial charge on any atom is 0.225 e. The number of aromatic amines is 1. The molecule has 2 fully saturated rings. The Morgan fingerprint density at radius 3 is 2.51 bits per heavy atom. The second-order valence-corrected chi connectivity index (χ2v) is 9.41. The first-order valence-corrected chi connectivity index (χ1v) is 11.9. The molecule has 5 rings (SSSR count). The van der Waals surface area contributed by atoms with Crippen LogP contribution in [0.5, 0.6) is 0 Å². The number of amides is 1. The fourth-order valence-corrected chi connectivity index (χ4v) is 5.14. The Balaban J connectivity index is 1.26. The number of hydrogen-bond acceptors (Lipinski definition) is 3. The fourth-order valence-electron chi connectivity index (χ4n) is 5.14. The molecular weight excluding hydrogens is 455 g/mol. The summed E-state index contributed by atoms with van der Waals surface area (Å²) in [6.45, 7) is 7.36. The van der Waals surface area contributed by atoms with Gasteiger partial charge in [-0.15, -0.1) is 0 Å². The normalized spacial score (nSPS) is 20.0. The number of H-pyrrole nitrogens is 1. The van der Waals surface area contributed by atoms with E-state index in [1.54, 1.807) is 12.1 Å². The molecule has 1 aromatic heterocycles. The number of hydrogen-bond donors (Lipinski definition) is 2. The van der Waals surface area contributed by atoms with Gasteiger partial charge in [0.05, 0.1) is 30.8 Å². The molecule has 3 aromatic rings. The molecule has 1 saturated carbocycles. The van der Waals surface area contributed by atoms with Gasteiger partial charge in [-0.05, 0) is 66.1 Å². The molecule has 1 aliphatic carbocycles. The SMILES string of the molecule is C=C(CC(=O)NC[C@H]1C[C@@H](c2c(-c3ccc(F)cc3)[nH]c3c(F)cc(F)cc32)C1)N1CCOCC1. The topological polar surface area (TPSA) is 57.4 Å². The number of ether oxygens (including phenoxy) is 1. The largest absolute Gasteiger partial charge is 0.378 e. The predicted molar refractivity (Wildman–Crippen MR) is 128 cm³/mol. The molecule has 0 unspecified atom stereocenters. The lowest BCUT2D eigenvalue weighted by molar-refractivity contribution is -0.121. The van der Waals surface area contributed by atoms with Gasteiger partial charge < -0.3 is 19.9 Å². The van der Waals surface area contributed by atoms with Crippen LogP contribution >= 0.6 is 0 Å². The van der Waals surface area contributed by atoms with Crippen LogP contribution in [0.1, 0.15) is 30.7 Å². The van der Waals surface area contributed by atoms with E-state index >= 15 is 0 Å². The highest BCUT2D eigenvalue weighted by atomic mass is 19.1. The van der Waals surface area contributed by atoms with E-state index in [0.29, 0.717) is 30.8 Å². The summed E-state index contributed by atoms with van der Waals surface area (Å²) in [6, 6.07) is 8.19. The third-order valence-corrected chi connectivity index (χ3v) is 7.05. The van der Waals surface area contributed by atoms with Gasteiger partial charge >= 0.3 is 0 Å². The van der Waals surface area contributed by atoms with Gasteiger partial charge in [-0.2, -0.15) is 0 Å². The minimum absolute atomic E-state index is 0.0619. The number of nitrogens with one attached hydrogen (secondary N) is 2. The van der Waals surface area contributed by atoms with Crippen LogP contribution in [0.25, 0.3) is 22.2 Å². The van der Waals surface area contributed by atoms with Crippen molar-refractivity contribution in [3.63, 3.8) is 0 Å². The lowest BCUT2D eigenvalue weighted by atomic mass is 9.70. The van der Waals surface area contributed by atoms with E-state index < -0.39 is 11.6 Å². The third-order valence-electron chi connectivity index (χ3n) is 7.05. The molecular formula is C27H28F3N3O2. The quantitative estimate of drug-likeness (QED) is 0.492. The van der Waals surface area contributed by atoms with Crippen molar-refractivity contribution in [1.29, 1.82) is 0 Å².